The number of nitrogens with zero attached hydrogens (tertiary/aromatic N) is 3. The molecule has 0 fully saturated rings. The highest BCUT2D eigenvalue weighted by atomic mass is 16.7. The van der Waals surface area contributed by atoms with Gasteiger partial charge in [0.15, 0.2) is 0 Å². The Hall–Kier alpha value is -1.86. The van der Waals surface area contributed by atoms with Crippen molar-refractivity contribution in [1.29, 1.82) is 0 Å². The molecule has 0 atom stereocenters. The number of quaternary nitrogens is 1. The Kier molecular flexibility index (Phi) is 4.68. The lowest BCUT2D eigenvalue weighted by atomic mass is 10.4. The van der Waals surface area contributed by atoms with Crippen LogP contribution in [-0.2, 0) is 4.84 Å². The number of nitrogens with one attached hydrogen (secondary N) is 1. The smallest absolute Gasteiger partial charge is 0.317 e. The third-order valence-electron chi connectivity index (χ3n) is 2.04. The van der Waals surface area contributed by atoms with Crippen LogP contribution in [0.1, 0.15) is 0 Å². The summed E-state index contributed by atoms with van der Waals surface area (Å²) in [5.74, 6) is 6.03. The lowest BCUT2D eigenvalue weighted by Gasteiger charge is -2.09. The van der Waals surface area contributed by atoms with Crippen LogP contribution in [0.4, 0.5) is 11.5 Å². The maximum atomic E-state index is 5.58. The van der Waals surface area contributed by atoms with Crippen molar-refractivity contribution in [3.63, 3.8) is 0 Å². The number of pyridine rings is 1. The number of nitrogen functional groups attached to an aromatic ring is 1. The van der Waals surface area contributed by atoms with Crippen LogP contribution in [-0.4, -0.2) is 48.7 Å². The average molecular weight is 240 g/mol. The summed E-state index contributed by atoms with van der Waals surface area (Å²) in [6.45, 7) is 0. The minimum Gasteiger partial charge on any atom is -0.317 e. The van der Waals surface area contributed by atoms with E-state index in [1.165, 1.54) is 0 Å². The minimum atomic E-state index is 0.649. The van der Waals surface area contributed by atoms with Crippen molar-refractivity contribution in [1.82, 2.24) is 9.88 Å². The third kappa shape index (κ3) is 3.58. The van der Waals surface area contributed by atoms with Crippen LogP contribution in [0.2, 0.25) is 0 Å². The van der Waals surface area contributed by atoms with E-state index in [0.29, 0.717) is 17.5 Å². The number of anilines is 1. The van der Waals surface area contributed by atoms with Crippen LogP contribution in [0.5, 0.6) is 0 Å². The molecular formula is C10H20N6O+2. The fourth-order valence-electron chi connectivity index (χ4n) is 1.35. The van der Waals surface area contributed by atoms with Gasteiger partial charge in [0.25, 0.3) is 5.82 Å². The molecule has 1 aromatic rings. The summed E-state index contributed by atoms with van der Waals surface area (Å²) in [4.78, 5) is 11.6. The Bertz CT molecular complexity index is 400. The second-order valence-electron chi connectivity index (χ2n) is 3.89. The SMILES string of the molecule is CN(C)C(O[NH2+]c1ncccc1NN)=[N+](C)C. The Morgan fingerprint density at radius 2 is 2.24 bits per heavy atom. The van der Waals surface area contributed by atoms with Crippen molar-refractivity contribution in [2.75, 3.05) is 33.6 Å². The van der Waals surface area contributed by atoms with E-state index in [2.05, 4.69) is 10.4 Å². The second-order valence-corrected chi connectivity index (χ2v) is 3.89. The van der Waals surface area contributed by atoms with Crippen molar-refractivity contribution in [3.8, 4) is 0 Å². The maximum Gasteiger partial charge on any atom is 0.495 e. The van der Waals surface area contributed by atoms with Gasteiger partial charge in [0.2, 0.25) is 0 Å². The lowest BCUT2D eigenvalue weighted by Crippen LogP contribution is -2.80. The molecule has 94 valence electrons. The number of rotatable bonds is 3. The number of hydrogen-bond donors (Lipinski definition) is 3. The number of hydrogen-bond acceptors (Lipinski definition) is 4. The van der Waals surface area contributed by atoms with E-state index in [4.69, 9.17) is 10.7 Å². The zero-order chi connectivity index (χ0) is 12.8. The Balaban J connectivity index is 2.76. The predicted molar refractivity (Wildman–Crippen MR) is 65.5 cm³/mol. The van der Waals surface area contributed by atoms with E-state index in [9.17, 15) is 0 Å². The number of aromatic nitrogens is 1. The molecule has 0 bridgehead atoms. The standard InChI is InChI=1S/C10H19N6O/c1-15(2)10(16(3)4)17-14-9-8(13-11)6-5-7-12-9/h5-7,13H,11H2,1-4H3,(H,12,14)/q+1/p+1. The first-order valence-electron chi connectivity index (χ1n) is 5.19. The van der Waals surface area contributed by atoms with E-state index in [0.717, 1.165) is 0 Å². The van der Waals surface area contributed by atoms with Crippen LogP contribution in [0, 0.1) is 0 Å². The molecule has 5 N–H and O–H groups in total. The third-order valence-corrected chi connectivity index (χ3v) is 2.04. The summed E-state index contributed by atoms with van der Waals surface area (Å²) in [6, 6.07) is 4.33. The molecule has 0 aliphatic rings. The van der Waals surface area contributed by atoms with Crippen molar-refractivity contribution in [2.24, 2.45) is 5.84 Å². The van der Waals surface area contributed by atoms with Crippen molar-refractivity contribution in [3.05, 3.63) is 18.3 Å². The molecule has 1 rings (SSSR count). The normalized spacial score (nSPS) is 9.71. The number of nitrogens with two attached hydrogens (primary N) is 2. The Labute approximate surface area is 101 Å². The van der Waals surface area contributed by atoms with Crippen molar-refractivity contribution < 1.29 is 14.9 Å². The van der Waals surface area contributed by atoms with E-state index in [1.807, 2.05) is 43.7 Å². The lowest BCUT2D eigenvalue weighted by molar-refractivity contribution is -0.818. The zero-order valence-corrected chi connectivity index (χ0v) is 10.6. The van der Waals surface area contributed by atoms with Gasteiger partial charge in [0.1, 0.15) is 5.69 Å². The molecule has 0 spiro atoms. The average Bonchev–Trinajstić information content (AvgIpc) is 2.29. The van der Waals surface area contributed by atoms with E-state index < -0.39 is 0 Å². The number of hydrazine groups is 1. The summed E-state index contributed by atoms with van der Waals surface area (Å²) < 4.78 is 1.87. The summed E-state index contributed by atoms with van der Waals surface area (Å²) >= 11 is 0. The second kappa shape index (κ2) is 6.02. The van der Waals surface area contributed by atoms with Gasteiger partial charge in [0.05, 0.1) is 28.2 Å². The van der Waals surface area contributed by atoms with Crippen LogP contribution in [0.15, 0.2) is 18.3 Å². The summed E-state index contributed by atoms with van der Waals surface area (Å²) in [7, 11) is 7.63. The molecule has 7 nitrogen and oxygen atoms in total. The molecule has 0 unspecified atom stereocenters. The van der Waals surface area contributed by atoms with Crippen LogP contribution in [0.25, 0.3) is 0 Å². The van der Waals surface area contributed by atoms with Gasteiger partial charge < -0.3 is 5.43 Å². The van der Waals surface area contributed by atoms with Gasteiger partial charge in [-0.15, -0.1) is 0 Å². The van der Waals surface area contributed by atoms with Gasteiger partial charge in [-0.05, 0) is 12.1 Å². The molecule has 1 aromatic heterocycles. The highest BCUT2D eigenvalue weighted by Crippen LogP contribution is 2.09. The first-order valence-corrected chi connectivity index (χ1v) is 5.19. The number of amidine groups is 1. The molecule has 17 heavy (non-hydrogen) atoms. The maximum absolute atomic E-state index is 5.58. The molecule has 0 aliphatic carbocycles. The summed E-state index contributed by atoms with van der Waals surface area (Å²) in [5, 5.41) is 0. The van der Waals surface area contributed by atoms with Crippen LogP contribution >= 0.6 is 0 Å². The monoisotopic (exact) mass is 240 g/mol. The minimum absolute atomic E-state index is 0.649. The Morgan fingerprint density at radius 3 is 2.76 bits per heavy atom. The topological polar surface area (TPSA) is 83.0 Å². The van der Waals surface area contributed by atoms with Gasteiger partial charge >= 0.3 is 6.02 Å². The van der Waals surface area contributed by atoms with Gasteiger partial charge in [-0.2, -0.15) is 4.98 Å². The molecule has 0 aromatic carbocycles. The van der Waals surface area contributed by atoms with Gasteiger partial charge in [-0.3, -0.25) is 5.84 Å². The van der Waals surface area contributed by atoms with Crippen molar-refractivity contribution in [2.45, 2.75) is 0 Å². The van der Waals surface area contributed by atoms with E-state index >= 15 is 0 Å². The molecule has 0 radical (unpaired) electrons. The van der Waals surface area contributed by atoms with Gasteiger partial charge in [-0.25, -0.2) is 14.3 Å². The largest absolute Gasteiger partial charge is 0.495 e. The molecule has 1 heterocycles. The zero-order valence-electron chi connectivity index (χ0n) is 10.6. The first kappa shape index (κ1) is 13.2. The Morgan fingerprint density at radius 1 is 1.53 bits per heavy atom. The van der Waals surface area contributed by atoms with Crippen LogP contribution < -0.4 is 16.7 Å². The summed E-state index contributed by atoms with van der Waals surface area (Å²) in [5.41, 5.74) is 4.84. The van der Waals surface area contributed by atoms with Gasteiger partial charge in [-0.1, -0.05) is 5.48 Å². The first-order chi connectivity index (χ1) is 8.06. The quantitative estimate of drug-likeness (QED) is 0.201. The van der Waals surface area contributed by atoms with E-state index in [-0.39, 0.29) is 0 Å². The molecule has 7 heteroatoms. The fourth-order valence-corrected chi connectivity index (χ4v) is 1.35. The predicted octanol–water partition coefficient (Wildman–Crippen LogP) is -1.32. The van der Waals surface area contributed by atoms with E-state index in [1.54, 1.807) is 17.7 Å². The van der Waals surface area contributed by atoms with Crippen molar-refractivity contribution >= 4 is 17.5 Å². The summed E-state index contributed by atoms with van der Waals surface area (Å²) in [6.07, 6.45) is 1.68. The fraction of sp³-hybridized carbons (Fsp3) is 0.400. The molecule has 0 saturated heterocycles. The highest BCUT2D eigenvalue weighted by Gasteiger charge is 2.18. The molecule has 0 saturated carbocycles. The highest BCUT2D eigenvalue weighted by molar-refractivity contribution is 5.67. The molecule has 0 aliphatic heterocycles. The van der Waals surface area contributed by atoms with Gasteiger partial charge in [0, 0.05) is 6.20 Å². The molecular weight excluding hydrogens is 220 g/mol. The molecule has 0 amide bonds. The van der Waals surface area contributed by atoms with Crippen LogP contribution in [0.3, 0.4) is 0 Å².